The Hall–Kier alpha value is -2.20. The van der Waals surface area contributed by atoms with Crippen LogP contribution in [0.15, 0.2) is 48.5 Å². The number of anilines is 1. The molecule has 2 aromatic rings. The van der Waals surface area contributed by atoms with Crippen LogP contribution in [0.1, 0.15) is 11.6 Å². The Balaban J connectivity index is 2.24. The molecule has 0 bridgehead atoms. The van der Waals surface area contributed by atoms with E-state index >= 15 is 0 Å². The molecule has 0 amide bonds. The highest BCUT2D eigenvalue weighted by atomic mass is 35.5. The number of carboxylic acids is 1. The van der Waals surface area contributed by atoms with Crippen LogP contribution < -0.4 is 10.1 Å². The second-order valence-corrected chi connectivity index (χ2v) is 4.64. The van der Waals surface area contributed by atoms with Gasteiger partial charge in [-0.1, -0.05) is 29.8 Å². The molecule has 5 heteroatoms. The third-order valence-corrected chi connectivity index (χ3v) is 3.07. The molecule has 2 N–H and O–H groups in total. The smallest absolute Gasteiger partial charge is 0.330 e. The van der Waals surface area contributed by atoms with E-state index in [-0.39, 0.29) is 0 Å². The third-order valence-electron chi connectivity index (χ3n) is 2.83. The third kappa shape index (κ3) is 3.42. The van der Waals surface area contributed by atoms with Crippen molar-refractivity contribution in [2.45, 2.75) is 6.04 Å². The molecule has 20 heavy (non-hydrogen) atoms. The van der Waals surface area contributed by atoms with Crippen LogP contribution in [-0.2, 0) is 4.79 Å². The Morgan fingerprint density at radius 3 is 2.50 bits per heavy atom. The Kier molecular flexibility index (Phi) is 4.48. The lowest BCUT2D eigenvalue weighted by atomic mass is 10.1. The number of benzene rings is 2. The van der Waals surface area contributed by atoms with Crippen LogP contribution in [0.3, 0.4) is 0 Å². The molecule has 4 nitrogen and oxygen atoms in total. The van der Waals surface area contributed by atoms with E-state index in [9.17, 15) is 9.90 Å². The van der Waals surface area contributed by atoms with Crippen LogP contribution in [0.4, 0.5) is 5.69 Å². The molecule has 0 aliphatic rings. The summed E-state index contributed by atoms with van der Waals surface area (Å²) in [5.41, 5.74) is 1.29. The second kappa shape index (κ2) is 6.30. The minimum absolute atomic E-state index is 0.550. The van der Waals surface area contributed by atoms with Gasteiger partial charge in [-0.25, -0.2) is 4.79 Å². The predicted molar refractivity (Wildman–Crippen MR) is 78.4 cm³/mol. The number of nitrogens with one attached hydrogen (secondary N) is 1. The van der Waals surface area contributed by atoms with E-state index in [4.69, 9.17) is 16.3 Å². The molecule has 0 spiro atoms. The molecule has 2 aromatic carbocycles. The van der Waals surface area contributed by atoms with E-state index in [0.717, 1.165) is 0 Å². The lowest BCUT2D eigenvalue weighted by molar-refractivity contribution is -0.138. The van der Waals surface area contributed by atoms with E-state index in [2.05, 4.69) is 5.32 Å². The van der Waals surface area contributed by atoms with Gasteiger partial charge in [-0.15, -0.1) is 0 Å². The van der Waals surface area contributed by atoms with Gasteiger partial charge >= 0.3 is 5.97 Å². The summed E-state index contributed by atoms with van der Waals surface area (Å²) in [4.78, 5) is 11.4. The van der Waals surface area contributed by atoms with Crippen LogP contribution in [-0.4, -0.2) is 18.2 Å². The summed E-state index contributed by atoms with van der Waals surface area (Å²) in [5, 5.41) is 12.9. The van der Waals surface area contributed by atoms with E-state index in [1.807, 2.05) is 0 Å². The minimum atomic E-state index is -0.963. The maximum Gasteiger partial charge on any atom is 0.330 e. The SMILES string of the molecule is COc1ccc(C(Nc2cccc(Cl)c2)C(=O)O)cc1. The molecule has 0 saturated heterocycles. The van der Waals surface area contributed by atoms with Crippen LogP contribution in [0.2, 0.25) is 5.02 Å². The molecule has 0 aliphatic carbocycles. The lowest BCUT2D eigenvalue weighted by Gasteiger charge is -2.16. The van der Waals surface area contributed by atoms with E-state index in [1.54, 1.807) is 55.6 Å². The largest absolute Gasteiger partial charge is 0.497 e. The number of carboxylic acid groups (broad SMARTS) is 1. The van der Waals surface area contributed by atoms with E-state index < -0.39 is 12.0 Å². The number of rotatable bonds is 5. The summed E-state index contributed by atoms with van der Waals surface area (Å²) in [6.45, 7) is 0. The molecule has 0 saturated carbocycles. The van der Waals surface area contributed by atoms with Crippen LogP contribution in [0.25, 0.3) is 0 Å². The van der Waals surface area contributed by atoms with Gasteiger partial charge in [0.25, 0.3) is 0 Å². The van der Waals surface area contributed by atoms with Gasteiger partial charge in [0, 0.05) is 10.7 Å². The van der Waals surface area contributed by atoms with Gasteiger partial charge in [-0.05, 0) is 35.9 Å². The van der Waals surface area contributed by atoms with Crippen molar-refractivity contribution in [1.29, 1.82) is 0 Å². The molecule has 0 aliphatic heterocycles. The topological polar surface area (TPSA) is 58.6 Å². The highest BCUT2D eigenvalue weighted by Gasteiger charge is 2.19. The summed E-state index contributed by atoms with van der Waals surface area (Å²) in [5.74, 6) is -0.282. The Labute approximate surface area is 122 Å². The van der Waals surface area contributed by atoms with Gasteiger partial charge < -0.3 is 15.2 Å². The van der Waals surface area contributed by atoms with Crippen LogP contribution in [0.5, 0.6) is 5.75 Å². The number of carbonyl (C=O) groups is 1. The Bertz CT molecular complexity index is 598. The Morgan fingerprint density at radius 2 is 1.95 bits per heavy atom. The molecule has 1 atom stereocenters. The van der Waals surface area contributed by atoms with Gasteiger partial charge in [0.2, 0.25) is 0 Å². The van der Waals surface area contributed by atoms with Crippen LogP contribution >= 0.6 is 11.6 Å². The zero-order chi connectivity index (χ0) is 14.5. The minimum Gasteiger partial charge on any atom is -0.497 e. The highest BCUT2D eigenvalue weighted by molar-refractivity contribution is 6.30. The fraction of sp³-hybridized carbons (Fsp3) is 0.133. The number of aliphatic carboxylic acids is 1. The predicted octanol–water partition coefficient (Wildman–Crippen LogP) is 3.59. The van der Waals surface area contributed by atoms with Crippen molar-refractivity contribution in [3.8, 4) is 5.75 Å². The molecule has 0 aromatic heterocycles. The van der Waals surface area contributed by atoms with Crippen molar-refractivity contribution >= 4 is 23.3 Å². The molecule has 0 radical (unpaired) electrons. The molecule has 104 valence electrons. The van der Waals surface area contributed by atoms with Crippen molar-refractivity contribution in [1.82, 2.24) is 0 Å². The van der Waals surface area contributed by atoms with Gasteiger partial charge in [-0.3, -0.25) is 0 Å². The van der Waals surface area contributed by atoms with Crippen molar-refractivity contribution < 1.29 is 14.6 Å². The monoisotopic (exact) mass is 291 g/mol. The molecule has 0 heterocycles. The summed E-state index contributed by atoms with van der Waals surface area (Å²) in [6, 6.07) is 13.0. The molecular weight excluding hydrogens is 278 g/mol. The zero-order valence-corrected chi connectivity index (χ0v) is 11.6. The number of hydrogen-bond acceptors (Lipinski definition) is 3. The maximum atomic E-state index is 11.4. The summed E-state index contributed by atoms with van der Waals surface area (Å²) < 4.78 is 5.06. The van der Waals surface area contributed by atoms with Crippen LogP contribution in [0, 0.1) is 0 Å². The summed E-state index contributed by atoms with van der Waals surface area (Å²) in [6.07, 6.45) is 0. The summed E-state index contributed by atoms with van der Waals surface area (Å²) >= 11 is 5.89. The number of ether oxygens (including phenoxy) is 1. The average molecular weight is 292 g/mol. The van der Waals surface area contributed by atoms with Crippen molar-refractivity contribution in [3.63, 3.8) is 0 Å². The first kappa shape index (κ1) is 14.2. The van der Waals surface area contributed by atoms with Gasteiger partial charge in [0.1, 0.15) is 5.75 Å². The quantitative estimate of drug-likeness (QED) is 0.884. The normalized spacial score (nSPS) is 11.7. The maximum absolute atomic E-state index is 11.4. The summed E-state index contributed by atoms with van der Waals surface area (Å²) in [7, 11) is 1.56. The van der Waals surface area contributed by atoms with Crippen molar-refractivity contribution in [3.05, 3.63) is 59.1 Å². The van der Waals surface area contributed by atoms with Gasteiger partial charge in [0.15, 0.2) is 6.04 Å². The first-order valence-corrected chi connectivity index (χ1v) is 6.37. The molecule has 0 fully saturated rings. The standard InChI is InChI=1S/C15H14ClNO3/c1-20-13-7-5-10(6-8-13)14(15(18)19)17-12-4-2-3-11(16)9-12/h2-9,14,17H,1H3,(H,18,19). The first-order valence-electron chi connectivity index (χ1n) is 5.99. The Morgan fingerprint density at radius 1 is 1.25 bits per heavy atom. The van der Waals surface area contributed by atoms with E-state index in [1.165, 1.54) is 0 Å². The highest BCUT2D eigenvalue weighted by Crippen LogP contribution is 2.24. The van der Waals surface area contributed by atoms with Gasteiger partial charge in [0.05, 0.1) is 7.11 Å². The number of halogens is 1. The molecule has 1 unspecified atom stereocenters. The first-order chi connectivity index (χ1) is 9.60. The fourth-order valence-corrected chi connectivity index (χ4v) is 2.02. The molecular formula is C15H14ClNO3. The van der Waals surface area contributed by atoms with E-state index in [0.29, 0.717) is 22.0 Å². The lowest BCUT2D eigenvalue weighted by Crippen LogP contribution is -2.20. The molecule has 2 rings (SSSR count). The van der Waals surface area contributed by atoms with Gasteiger partial charge in [-0.2, -0.15) is 0 Å². The second-order valence-electron chi connectivity index (χ2n) is 4.20. The van der Waals surface area contributed by atoms with Crippen molar-refractivity contribution in [2.24, 2.45) is 0 Å². The zero-order valence-electron chi connectivity index (χ0n) is 10.8. The van der Waals surface area contributed by atoms with Crippen molar-refractivity contribution in [2.75, 3.05) is 12.4 Å². The fourth-order valence-electron chi connectivity index (χ4n) is 1.83. The number of methoxy groups -OCH3 is 1. The average Bonchev–Trinajstić information content (AvgIpc) is 2.45. The number of hydrogen-bond donors (Lipinski definition) is 2.